The number of benzene rings is 2. The molecule has 0 saturated carbocycles. The summed E-state index contributed by atoms with van der Waals surface area (Å²) in [5.41, 5.74) is 0.246. The lowest BCUT2D eigenvalue weighted by Gasteiger charge is -2.22. The summed E-state index contributed by atoms with van der Waals surface area (Å²) >= 11 is 0. The number of aliphatic hydroxyl groups excluding tert-OH is 1. The summed E-state index contributed by atoms with van der Waals surface area (Å²) in [6.07, 6.45) is 0. The number of fused-ring (bicyclic) bond motifs is 2. The quantitative estimate of drug-likeness (QED) is 0.564. The smallest absolute Gasteiger partial charge is 0.308 e. The van der Waals surface area contributed by atoms with E-state index in [9.17, 15) is 24.3 Å². The summed E-state index contributed by atoms with van der Waals surface area (Å²) in [5.74, 6) is -2.58. The number of carbonyl (C=O) groups excluding carboxylic acids is 4. The largest absolute Gasteiger partial charge is 0.426 e. The first-order valence-corrected chi connectivity index (χ1v) is 7.70. The van der Waals surface area contributed by atoms with Crippen molar-refractivity contribution >= 4 is 23.5 Å². The highest BCUT2D eigenvalue weighted by atomic mass is 16.5. The first-order valence-electron chi connectivity index (χ1n) is 7.70. The second-order valence-electron chi connectivity index (χ2n) is 5.70. The van der Waals surface area contributed by atoms with Crippen LogP contribution in [0.5, 0.6) is 11.5 Å². The van der Waals surface area contributed by atoms with Gasteiger partial charge in [0.15, 0.2) is 5.78 Å². The Morgan fingerprint density at radius 2 is 1.50 bits per heavy atom. The van der Waals surface area contributed by atoms with E-state index in [0.29, 0.717) is 5.56 Å². The van der Waals surface area contributed by atoms with Crippen molar-refractivity contribution in [1.29, 1.82) is 0 Å². The van der Waals surface area contributed by atoms with Crippen molar-refractivity contribution in [3.8, 4) is 11.5 Å². The zero-order valence-corrected chi connectivity index (χ0v) is 14.0. The Kier molecular flexibility index (Phi) is 4.40. The van der Waals surface area contributed by atoms with Gasteiger partial charge in [-0.3, -0.25) is 19.2 Å². The van der Waals surface area contributed by atoms with E-state index in [2.05, 4.69) is 0 Å². The van der Waals surface area contributed by atoms with Crippen molar-refractivity contribution in [2.45, 2.75) is 20.5 Å². The van der Waals surface area contributed by atoms with Gasteiger partial charge in [0.2, 0.25) is 5.78 Å². The van der Waals surface area contributed by atoms with Crippen LogP contribution < -0.4 is 9.47 Å². The number of rotatable bonds is 3. The van der Waals surface area contributed by atoms with Crippen molar-refractivity contribution < 1.29 is 33.8 Å². The highest BCUT2D eigenvalue weighted by Gasteiger charge is 2.36. The lowest BCUT2D eigenvalue weighted by atomic mass is 9.82. The molecule has 1 N–H and O–H groups in total. The number of esters is 2. The van der Waals surface area contributed by atoms with Gasteiger partial charge in [0.1, 0.15) is 11.5 Å². The SMILES string of the molecule is CC(=O)Oc1cccc2c1C(=O)c1c(OC(C)=O)cc(CO)cc1C2=O. The van der Waals surface area contributed by atoms with E-state index >= 15 is 0 Å². The average molecular weight is 354 g/mol. The molecular weight excluding hydrogens is 340 g/mol. The zero-order valence-electron chi connectivity index (χ0n) is 14.0. The second-order valence-corrected chi connectivity index (χ2v) is 5.70. The predicted molar refractivity (Wildman–Crippen MR) is 88.3 cm³/mol. The minimum atomic E-state index is -0.679. The Morgan fingerprint density at radius 1 is 0.885 bits per heavy atom. The van der Waals surface area contributed by atoms with E-state index < -0.39 is 30.1 Å². The molecule has 0 radical (unpaired) electrons. The number of carbonyl (C=O) groups is 4. The van der Waals surface area contributed by atoms with Gasteiger partial charge < -0.3 is 14.6 Å². The molecule has 7 nitrogen and oxygen atoms in total. The molecule has 0 unspecified atom stereocenters. The van der Waals surface area contributed by atoms with E-state index in [1.54, 1.807) is 0 Å². The van der Waals surface area contributed by atoms with Crippen LogP contribution in [0.15, 0.2) is 30.3 Å². The van der Waals surface area contributed by atoms with Crippen LogP contribution in [-0.4, -0.2) is 28.6 Å². The van der Waals surface area contributed by atoms with Gasteiger partial charge in [0.05, 0.1) is 17.7 Å². The van der Waals surface area contributed by atoms with Crippen LogP contribution in [0.25, 0.3) is 0 Å². The standard InChI is InChI=1S/C19H14O7/c1-9(21)25-14-5-3-4-12-16(14)19(24)17-13(18(12)23)6-11(8-20)7-15(17)26-10(2)22/h3-7,20H,8H2,1-2H3. The van der Waals surface area contributed by atoms with E-state index in [-0.39, 0.29) is 33.8 Å². The van der Waals surface area contributed by atoms with Crippen LogP contribution in [0, 0.1) is 0 Å². The van der Waals surface area contributed by atoms with Gasteiger partial charge >= 0.3 is 11.9 Å². The molecule has 1 aliphatic carbocycles. The van der Waals surface area contributed by atoms with Crippen molar-refractivity contribution in [2.24, 2.45) is 0 Å². The van der Waals surface area contributed by atoms with Crippen LogP contribution >= 0.6 is 0 Å². The molecule has 0 heterocycles. The van der Waals surface area contributed by atoms with Crippen molar-refractivity contribution in [3.05, 3.63) is 58.1 Å². The van der Waals surface area contributed by atoms with Gasteiger partial charge in [-0.25, -0.2) is 0 Å². The van der Waals surface area contributed by atoms with Gasteiger partial charge in [0, 0.05) is 25.0 Å². The molecule has 0 saturated heterocycles. The van der Waals surface area contributed by atoms with Gasteiger partial charge in [0.25, 0.3) is 0 Å². The molecule has 0 fully saturated rings. The Balaban J connectivity index is 2.28. The summed E-state index contributed by atoms with van der Waals surface area (Å²) in [4.78, 5) is 48.7. The number of ketones is 2. The van der Waals surface area contributed by atoms with Crippen LogP contribution in [0.4, 0.5) is 0 Å². The summed E-state index contributed by atoms with van der Waals surface area (Å²) < 4.78 is 10.1. The van der Waals surface area contributed by atoms with Gasteiger partial charge in [-0.05, 0) is 23.8 Å². The maximum absolute atomic E-state index is 13.1. The zero-order chi connectivity index (χ0) is 19.0. The molecule has 1 aliphatic rings. The molecule has 7 heteroatoms. The first kappa shape index (κ1) is 17.5. The predicted octanol–water partition coefficient (Wildman–Crippen LogP) is 1.80. The number of hydrogen-bond donors (Lipinski definition) is 1. The fourth-order valence-electron chi connectivity index (χ4n) is 2.88. The monoisotopic (exact) mass is 354 g/mol. The normalized spacial score (nSPS) is 12.3. The van der Waals surface area contributed by atoms with E-state index in [4.69, 9.17) is 9.47 Å². The van der Waals surface area contributed by atoms with Crippen LogP contribution in [0.2, 0.25) is 0 Å². The highest BCUT2D eigenvalue weighted by Crippen LogP contribution is 2.38. The Bertz CT molecular complexity index is 972. The molecule has 0 spiro atoms. The van der Waals surface area contributed by atoms with E-state index in [1.165, 1.54) is 37.3 Å². The van der Waals surface area contributed by atoms with Crippen molar-refractivity contribution in [3.63, 3.8) is 0 Å². The molecule has 26 heavy (non-hydrogen) atoms. The van der Waals surface area contributed by atoms with Crippen LogP contribution in [-0.2, 0) is 16.2 Å². The Labute approximate surface area is 148 Å². The topological polar surface area (TPSA) is 107 Å². The Hall–Kier alpha value is -3.32. The number of ether oxygens (including phenoxy) is 2. The minimum Gasteiger partial charge on any atom is -0.426 e. The maximum Gasteiger partial charge on any atom is 0.308 e. The second kappa shape index (κ2) is 6.53. The number of hydrogen-bond acceptors (Lipinski definition) is 7. The van der Waals surface area contributed by atoms with Gasteiger partial charge in [-0.1, -0.05) is 12.1 Å². The van der Waals surface area contributed by atoms with Crippen LogP contribution in [0.1, 0.15) is 51.3 Å². The summed E-state index contributed by atoms with van der Waals surface area (Å²) in [5, 5.41) is 9.39. The lowest BCUT2D eigenvalue weighted by Crippen LogP contribution is -2.24. The molecule has 0 aliphatic heterocycles. The third kappa shape index (κ3) is 2.89. The lowest BCUT2D eigenvalue weighted by molar-refractivity contribution is -0.132. The van der Waals surface area contributed by atoms with Crippen molar-refractivity contribution in [2.75, 3.05) is 0 Å². The van der Waals surface area contributed by atoms with Crippen molar-refractivity contribution in [1.82, 2.24) is 0 Å². The molecule has 0 atom stereocenters. The highest BCUT2D eigenvalue weighted by molar-refractivity contribution is 6.30. The summed E-state index contributed by atoms with van der Waals surface area (Å²) in [6.45, 7) is 1.94. The van der Waals surface area contributed by atoms with Crippen LogP contribution in [0.3, 0.4) is 0 Å². The fraction of sp³-hybridized carbons (Fsp3) is 0.158. The average Bonchev–Trinajstić information content (AvgIpc) is 2.57. The molecule has 0 aromatic heterocycles. The summed E-state index contributed by atoms with van der Waals surface area (Å²) in [7, 11) is 0. The maximum atomic E-state index is 13.1. The molecule has 0 amide bonds. The number of aliphatic hydroxyl groups is 1. The van der Waals surface area contributed by atoms with Gasteiger partial charge in [-0.2, -0.15) is 0 Å². The van der Waals surface area contributed by atoms with E-state index in [1.807, 2.05) is 0 Å². The van der Waals surface area contributed by atoms with E-state index in [0.717, 1.165) is 6.92 Å². The molecule has 3 rings (SSSR count). The fourth-order valence-corrected chi connectivity index (χ4v) is 2.88. The Morgan fingerprint density at radius 3 is 2.12 bits per heavy atom. The minimum absolute atomic E-state index is 0.0188. The molecular formula is C19H14O7. The molecule has 2 aromatic carbocycles. The first-order chi connectivity index (χ1) is 12.3. The van der Waals surface area contributed by atoms with Gasteiger partial charge in [-0.15, -0.1) is 0 Å². The molecule has 132 valence electrons. The summed E-state index contributed by atoms with van der Waals surface area (Å²) in [6, 6.07) is 7.05. The molecule has 2 aromatic rings. The molecule has 0 bridgehead atoms. The third-order valence-electron chi connectivity index (χ3n) is 3.82. The third-order valence-corrected chi connectivity index (χ3v) is 3.82.